The number of benzene rings is 1. The maximum Gasteiger partial charge on any atom is 0.407 e. The lowest BCUT2D eigenvalue weighted by molar-refractivity contribution is -0.138. The van der Waals surface area contributed by atoms with Gasteiger partial charge in [-0.2, -0.15) is 0 Å². The highest BCUT2D eigenvalue weighted by atomic mass is 16.6. The molecule has 0 saturated heterocycles. The Bertz CT molecular complexity index is 1210. The van der Waals surface area contributed by atoms with Gasteiger partial charge in [0.05, 0.1) is 24.3 Å². The minimum absolute atomic E-state index is 0. The van der Waals surface area contributed by atoms with Crippen molar-refractivity contribution >= 4 is 23.9 Å². The van der Waals surface area contributed by atoms with Gasteiger partial charge in [0.2, 0.25) is 0 Å². The molecule has 1 N–H and O–H groups in total. The molecule has 2 saturated carbocycles. The van der Waals surface area contributed by atoms with Gasteiger partial charge < -0.3 is 14.8 Å². The van der Waals surface area contributed by atoms with Crippen molar-refractivity contribution in [3.63, 3.8) is 0 Å². The zero-order valence-corrected chi connectivity index (χ0v) is 23.8. The van der Waals surface area contributed by atoms with Gasteiger partial charge in [-0.05, 0) is 74.3 Å². The number of nitrogens with zero attached hydrogens (tertiary/aromatic N) is 1. The zero-order chi connectivity index (χ0) is 29.5. The van der Waals surface area contributed by atoms with Crippen molar-refractivity contribution in [3.8, 4) is 0 Å². The van der Waals surface area contributed by atoms with Gasteiger partial charge in [-0.1, -0.05) is 43.0 Å². The molecule has 6 unspecified atom stereocenters. The quantitative estimate of drug-likeness (QED) is 0.113. The number of ether oxygens (including phenoxy) is 2. The predicted octanol–water partition coefficient (Wildman–Crippen LogP) is 5.83. The Morgan fingerprint density at radius 3 is 2.24 bits per heavy atom. The Morgan fingerprint density at radius 1 is 0.951 bits per heavy atom. The Morgan fingerprint density at radius 2 is 1.61 bits per heavy atom. The van der Waals surface area contributed by atoms with Gasteiger partial charge in [-0.25, -0.2) is 9.59 Å². The van der Waals surface area contributed by atoms with Gasteiger partial charge in [0.15, 0.2) is 0 Å². The van der Waals surface area contributed by atoms with Crippen LogP contribution in [0.2, 0.25) is 0 Å². The first-order chi connectivity index (χ1) is 19.7. The molecule has 8 heteroatoms. The number of alkyl carbamates (subject to hydrolysis) is 1. The van der Waals surface area contributed by atoms with Gasteiger partial charge in [0.25, 0.3) is 11.8 Å². The monoisotopic (exact) mass is 564 g/mol. The maximum absolute atomic E-state index is 13.0. The van der Waals surface area contributed by atoms with Gasteiger partial charge >= 0.3 is 12.1 Å². The number of allylic oxidation sites excluding steroid dienone is 4. The molecule has 2 aliphatic carbocycles. The third-order valence-corrected chi connectivity index (χ3v) is 8.52. The fourth-order valence-corrected chi connectivity index (χ4v) is 6.27. The van der Waals surface area contributed by atoms with Crippen molar-refractivity contribution < 1.29 is 31.5 Å². The SMILES string of the molecule is C=CC1CC(/C=C\C2CC(C=C)C(COC(=O)NCCOC(=O)C(=C)C)C2)C(CN2C(=O)c3ccccc3C2=O)C1.[HH].[HH]. The van der Waals surface area contributed by atoms with E-state index in [-0.39, 0.29) is 58.1 Å². The number of hydrogen-bond acceptors (Lipinski definition) is 6. The molecule has 1 aromatic rings. The van der Waals surface area contributed by atoms with E-state index in [0.717, 1.165) is 25.7 Å². The van der Waals surface area contributed by atoms with Crippen molar-refractivity contribution in [3.05, 3.63) is 85.0 Å². The van der Waals surface area contributed by atoms with E-state index >= 15 is 0 Å². The van der Waals surface area contributed by atoms with Gasteiger partial charge in [-0.3, -0.25) is 14.5 Å². The van der Waals surface area contributed by atoms with E-state index in [1.54, 1.807) is 31.2 Å². The van der Waals surface area contributed by atoms with E-state index < -0.39 is 12.1 Å². The van der Waals surface area contributed by atoms with Gasteiger partial charge in [-0.15, -0.1) is 13.2 Å². The smallest absolute Gasteiger partial charge is 0.407 e. The molecule has 0 radical (unpaired) electrons. The molecule has 1 heterocycles. The summed E-state index contributed by atoms with van der Waals surface area (Å²) >= 11 is 0. The molecular formula is C33H44N2O6. The zero-order valence-electron chi connectivity index (χ0n) is 23.8. The van der Waals surface area contributed by atoms with Crippen LogP contribution in [0.1, 0.15) is 56.2 Å². The van der Waals surface area contributed by atoms with Gasteiger partial charge in [0, 0.05) is 20.9 Å². The summed E-state index contributed by atoms with van der Waals surface area (Å²) in [6.45, 7) is 14.0. The van der Waals surface area contributed by atoms with Crippen LogP contribution in [0.3, 0.4) is 0 Å². The lowest BCUT2D eigenvalue weighted by Gasteiger charge is -2.22. The third kappa shape index (κ3) is 7.23. The van der Waals surface area contributed by atoms with Crippen molar-refractivity contribution in [2.75, 3.05) is 26.3 Å². The molecule has 1 aliphatic heterocycles. The average Bonchev–Trinajstić information content (AvgIpc) is 3.63. The van der Waals surface area contributed by atoms with Crippen LogP contribution in [-0.4, -0.2) is 55.1 Å². The van der Waals surface area contributed by atoms with Crippen LogP contribution < -0.4 is 5.32 Å². The van der Waals surface area contributed by atoms with Crippen molar-refractivity contribution in [2.24, 2.45) is 35.5 Å². The van der Waals surface area contributed by atoms with E-state index in [0.29, 0.717) is 35.1 Å². The number of carbonyl (C=O) groups is 4. The summed E-state index contributed by atoms with van der Waals surface area (Å²) in [4.78, 5) is 50.8. The lowest BCUT2D eigenvalue weighted by Crippen LogP contribution is -2.35. The molecule has 0 aromatic heterocycles. The molecule has 8 nitrogen and oxygen atoms in total. The largest absolute Gasteiger partial charge is 0.460 e. The van der Waals surface area contributed by atoms with Crippen molar-refractivity contribution in [1.82, 2.24) is 10.2 Å². The molecule has 3 amide bonds. The maximum atomic E-state index is 13.0. The summed E-state index contributed by atoms with van der Waals surface area (Å²) in [5.74, 6) is 0.555. The van der Waals surface area contributed by atoms with Crippen LogP contribution in [-0.2, 0) is 14.3 Å². The number of fused-ring (bicyclic) bond motifs is 1. The molecule has 222 valence electrons. The molecule has 4 rings (SSSR count). The second-order valence-corrected chi connectivity index (χ2v) is 11.4. The van der Waals surface area contributed by atoms with Crippen LogP contribution in [0, 0.1) is 35.5 Å². The molecule has 3 aliphatic rings. The summed E-state index contributed by atoms with van der Waals surface area (Å²) in [7, 11) is 0. The Hall–Kier alpha value is -3.94. The van der Waals surface area contributed by atoms with Crippen molar-refractivity contribution in [2.45, 2.75) is 32.6 Å². The van der Waals surface area contributed by atoms with Crippen LogP contribution in [0.15, 0.2) is 73.9 Å². The highest BCUT2D eigenvalue weighted by Gasteiger charge is 2.40. The summed E-state index contributed by atoms with van der Waals surface area (Å²) in [5.41, 5.74) is 1.27. The third-order valence-electron chi connectivity index (χ3n) is 8.52. The Balaban J connectivity index is 0.00000323. The lowest BCUT2D eigenvalue weighted by atomic mass is 9.93. The first-order valence-corrected chi connectivity index (χ1v) is 14.3. The minimum Gasteiger partial charge on any atom is -0.460 e. The number of rotatable bonds is 12. The summed E-state index contributed by atoms with van der Waals surface area (Å²) < 4.78 is 10.4. The van der Waals surface area contributed by atoms with E-state index in [1.807, 2.05) is 12.2 Å². The summed E-state index contributed by atoms with van der Waals surface area (Å²) in [6, 6.07) is 7.01. The molecule has 0 bridgehead atoms. The molecule has 0 spiro atoms. The fraction of sp³-hybridized carbons (Fsp3) is 0.455. The van der Waals surface area contributed by atoms with Crippen LogP contribution in [0.4, 0.5) is 4.79 Å². The number of imide groups is 1. The first kappa shape index (κ1) is 30.0. The molecule has 6 atom stereocenters. The molecular weight excluding hydrogens is 520 g/mol. The van der Waals surface area contributed by atoms with E-state index in [1.165, 1.54) is 4.90 Å². The van der Waals surface area contributed by atoms with Crippen LogP contribution in [0.25, 0.3) is 0 Å². The number of esters is 1. The topological polar surface area (TPSA) is 102 Å². The minimum atomic E-state index is -0.546. The average molecular weight is 565 g/mol. The van der Waals surface area contributed by atoms with Crippen LogP contribution >= 0.6 is 0 Å². The predicted molar refractivity (Wildman–Crippen MR) is 160 cm³/mol. The standard InChI is InChI=1S/C33H40N2O6.2H2/c1-5-22-15-25(26(16-22)19-35-30(36)28-9-7-8-10-29(28)31(35)37)12-11-23-17-24(6-2)27(18-23)20-41-33(39)34-13-14-40-32(38)21(3)4;;/h5-12,22-27H,1-3,13-20H2,4H3,(H,34,39);2*1H/b12-11-;;. The fourth-order valence-electron chi connectivity index (χ4n) is 6.27. The number of carbonyl (C=O) groups excluding carboxylic acids is 4. The van der Waals surface area contributed by atoms with E-state index in [2.05, 4.69) is 37.2 Å². The van der Waals surface area contributed by atoms with Crippen LogP contribution in [0.5, 0.6) is 0 Å². The number of hydrogen-bond donors (Lipinski definition) is 1. The summed E-state index contributed by atoms with van der Waals surface area (Å²) in [6.07, 6.45) is 11.5. The second-order valence-electron chi connectivity index (χ2n) is 11.4. The van der Waals surface area contributed by atoms with Crippen molar-refractivity contribution in [1.29, 1.82) is 0 Å². The first-order valence-electron chi connectivity index (χ1n) is 14.3. The van der Waals surface area contributed by atoms with E-state index in [4.69, 9.17) is 9.47 Å². The molecule has 2 fully saturated rings. The summed E-state index contributed by atoms with van der Waals surface area (Å²) in [5, 5.41) is 2.60. The highest BCUT2D eigenvalue weighted by Crippen LogP contribution is 2.42. The Kier molecular flexibility index (Phi) is 9.97. The molecule has 1 aromatic carbocycles. The number of amides is 3. The Labute approximate surface area is 245 Å². The van der Waals surface area contributed by atoms with E-state index in [9.17, 15) is 19.2 Å². The highest BCUT2D eigenvalue weighted by molar-refractivity contribution is 6.21. The molecule has 41 heavy (non-hydrogen) atoms. The second kappa shape index (κ2) is 13.6. The number of nitrogens with one attached hydrogen (secondary N) is 1. The normalized spacial score (nSPS) is 27.1. The van der Waals surface area contributed by atoms with Gasteiger partial charge in [0.1, 0.15) is 6.61 Å².